The molecule has 88 valence electrons. The van der Waals surface area contributed by atoms with E-state index in [1.54, 1.807) is 0 Å². The largest absolute Gasteiger partial charge is 0.337 e. The van der Waals surface area contributed by atoms with Gasteiger partial charge < -0.3 is 5.32 Å². The number of halogens is 3. The van der Waals surface area contributed by atoms with E-state index in [4.69, 9.17) is 11.6 Å². The first-order valence-corrected chi connectivity index (χ1v) is 5.94. The number of hydrogen-bond acceptors (Lipinski definition) is 3. The molecule has 6 heteroatoms. The van der Waals surface area contributed by atoms with Crippen LogP contribution in [-0.4, -0.2) is 9.97 Å². The van der Waals surface area contributed by atoms with Gasteiger partial charge in [-0.25, -0.2) is 9.37 Å². The van der Waals surface area contributed by atoms with Gasteiger partial charge in [0.2, 0.25) is 5.28 Å². The van der Waals surface area contributed by atoms with Gasteiger partial charge in [0.1, 0.15) is 0 Å². The normalized spacial score (nSPS) is 10.4. The van der Waals surface area contributed by atoms with E-state index in [2.05, 4.69) is 31.2 Å². The summed E-state index contributed by atoms with van der Waals surface area (Å²) in [4.78, 5) is 7.34. The minimum atomic E-state index is -0.545. The fraction of sp³-hybridized carbons (Fsp3) is 0.0909. The molecule has 1 aromatic heterocycles. The molecule has 2 rings (SSSR count). The van der Waals surface area contributed by atoms with E-state index >= 15 is 0 Å². The third-order valence-electron chi connectivity index (χ3n) is 2.16. The van der Waals surface area contributed by atoms with Gasteiger partial charge in [-0.1, -0.05) is 15.9 Å². The predicted octanol–water partition coefficient (Wildman–Crippen LogP) is 4.08. The average molecular weight is 317 g/mol. The number of rotatable bonds is 2. The molecule has 0 radical (unpaired) electrons. The summed E-state index contributed by atoms with van der Waals surface area (Å²) in [6.45, 7) is 1.91. The molecule has 0 aliphatic rings. The molecule has 0 saturated carbocycles. The minimum absolute atomic E-state index is 0.00339. The Labute approximate surface area is 111 Å². The van der Waals surface area contributed by atoms with Gasteiger partial charge in [-0.15, -0.1) is 0 Å². The van der Waals surface area contributed by atoms with Crippen LogP contribution in [0.1, 0.15) is 5.56 Å². The first-order chi connectivity index (χ1) is 8.06. The van der Waals surface area contributed by atoms with Gasteiger partial charge in [0.05, 0.1) is 6.20 Å². The Balaban J connectivity index is 2.34. The lowest BCUT2D eigenvalue weighted by molar-refractivity contribution is 0.619. The minimum Gasteiger partial charge on any atom is -0.337 e. The highest BCUT2D eigenvalue weighted by Gasteiger charge is 2.07. The summed E-state index contributed by atoms with van der Waals surface area (Å²) in [5.74, 6) is -0.479. The lowest BCUT2D eigenvalue weighted by Crippen LogP contribution is -2.00. The van der Waals surface area contributed by atoms with Gasteiger partial charge >= 0.3 is 0 Å². The van der Waals surface area contributed by atoms with E-state index in [0.29, 0.717) is 0 Å². The van der Waals surface area contributed by atoms with Crippen LogP contribution in [0, 0.1) is 12.7 Å². The van der Waals surface area contributed by atoms with Crippen LogP contribution in [0.4, 0.5) is 15.9 Å². The molecule has 0 atom stereocenters. The van der Waals surface area contributed by atoms with E-state index in [0.717, 1.165) is 21.9 Å². The van der Waals surface area contributed by atoms with Crippen LogP contribution in [0.3, 0.4) is 0 Å². The van der Waals surface area contributed by atoms with Crippen molar-refractivity contribution in [2.75, 3.05) is 5.32 Å². The summed E-state index contributed by atoms with van der Waals surface area (Å²) in [6, 6.07) is 5.61. The molecule has 0 saturated heterocycles. The topological polar surface area (TPSA) is 37.8 Å². The molecular weight excluding hydrogens is 308 g/mol. The van der Waals surface area contributed by atoms with Crippen LogP contribution in [-0.2, 0) is 0 Å². The number of aryl methyl sites for hydroxylation is 1. The maximum atomic E-state index is 13.4. The number of nitrogens with zero attached hydrogens (tertiary/aromatic N) is 2. The molecular formula is C11H8BrClFN3. The molecule has 1 N–H and O–H groups in total. The Hall–Kier alpha value is -1.20. The average Bonchev–Trinajstić information content (AvgIpc) is 2.27. The third kappa shape index (κ3) is 2.92. The Morgan fingerprint density at radius 1 is 1.41 bits per heavy atom. The molecule has 17 heavy (non-hydrogen) atoms. The number of nitrogens with one attached hydrogen (secondary N) is 1. The van der Waals surface area contributed by atoms with Crippen LogP contribution >= 0.6 is 27.5 Å². The summed E-state index contributed by atoms with van der Waals surface area (Å²) in [5, 5.41) is 2.88. The molecule has 0 aliphatic carbocycles. The lowest BCUT2D eigenvalue weighted by atomic mass is 10.2. The Morgan fingerprint density at radius 3 is 2.88 bits per heavy atom. The second-order valence-electron chi connectivity index (χ2n) is 3.42. The zero-order valence-corrected chi connectivity index (χ0v) is 11.2. The van der Waals surface area contributed by atoms with Gasteiger partial charge in [-0.3, -0.25) is 0 Å². The second-order valence-corrected chi connectivity index (χ2v) is 4.67. The van der Waals surface area contributed by atoms with Crippen molar-refractivity contribution < 1.29 is 4.39 Å². The van der Waals surface area contributed by atoms with E-state index < -0.39 is 5.82 Å². The third-order valence-corrected chi connectivity index (χ3v) is 2.83. The molecule has 1 aromatic carbocycles. The summed E-state index contributed by atoms with van der Waals surface area (Å²) < 4.78 is 14.4. The fourth-order valence-corrected chi connectivity index (χ4v) is 1.94. The van der Waals surface area contributed by atoms with Gasteiger partial charge in [0.25, 0.3) is 0 Å². The van der Waals surface area contributed by atoms with Crippen LogP contribution in [0.15, 0.2) is 28.9 Å². The SMILES string of the molecule is Cc1cc(Br)ccc1Nc1nc(Cl)ncc1F. The van der Waals surface area contributed by atoms with E-state index in [-0.39, 0.29) is 11.1 Å². The van der Waals surface area contributed by atoms with Crippen molar-refractivity contribution in [3.05, 3.63) is 45.5 Å². The highest BCUT2D eigenvalue weighted by atomic mass is 79.9. The molecule has 0 fully saturated rings. The van der Waals surface area contributed by atoms with Crippen LogP contribution in [0.5, 0.6) is 0 Å². The van der Waals surface area contributed by atoms with Crippen molar-refractivity contribution in [3.63, 3.8) is 0 Å². The number of hydrogen-bond donors (Lipinski definition) is 1. The molecule has 1 heterocycles. The summed E-state index contributed by atoms with van der Waals surface area (Å²) in [5.41, 5.74) is 1.73. The maximum absolute atomic E-state index is 13.4. The van der Waals surface area contributed by atoms with Crippen LogP contribution in [0.2, 0.25) is 5.28 Å². The Morgan fingerprint density at radius 2 is 2.18 bits per heavy atom. The molecule has 0 bridgehead atoms. The van der Waals surface area contributed by atoms with Crippen molar-refractivity contribution >= 4 is 39.0 Å². The number of benzene rings is 1. The highest BCUT2D eigenvalue weighted by molar-refractivity contribution is 9.10. The smallest absolute Gasteiger partial charge is 0.224 e. The first-order valence-electron chi connectivity index (χ1n) is 4.77. The molecule has 0 unspecified atom stereocenters. The fourth-order valence-electron chi connectivity index (χ4n) is 1.33. The Kier molecular flexibility index (Phi) is 3.59. The molecule has 0 aliphatic heterocycles. The van der Waals surface area contributed by atoms with Crippen molar-refractivity contribution in [2.24, 2.45) is 0 Å². The summed E-state index contributed by atoms with van der Waals surface area (Å²) in [6.07, 6.45) is 1.03. The summed E-state index contributed by atoms with van der Waals surface area (Å²) >= 11 is 8.97. The molecule has 3 nitrogen and oxygen atoms in total. The van der Waals surface area contributed by atoms with Gasteiger partial charge in [-0.2, -0.15) is 4.98 Å². The van der Waals surface area contributed by atoms with E-state index in [1.807, 2.05) is 25.1 Å². The van der Waals surface area contributed by atoms with Gasteiger partial charge in [0, 0.05) is 10.2 Å². The van der Waals surface area contributed by atoms with Crippen LogP contribution in [0.25, 0.3) is 0 Å². The Bertz CT molecular complexity index is 562. The van der Waals surface area contributed by atoms with Crippen molar-refractivity contribution in [1.29, 1.82) is 0 Å². The zero-order chi connectivity index (χ0) is 12.4. The van der Waals surface area contributed by atoms with Crippen LogP contribution < -0.4 is 5.32 Å². The maximum Gasteiger partial charge on any atom is 0.224 e. The lowest BCUT2D eigenvalue weighted by Gasteiger charge is -2.09. The summed E-state index contributed by atoms with van der Waals surface area (Å²) in [7, 11) is 0. The molecule has 0 spiro atoms. The first kappa shape index (κ1) is 12.3. The predicted molar refractivity (Wildman–Crippen MR) is 69.2 cm³/mol. The molecule has 2 aromatic rings. The van der Waals surface area contributed by atoms with Gasteiger partial charge in [0.15, 0.2) is 11.6 Å². The van der Waals surface area contributed by atoms with E-state index in [9.17, 15) is 4.39 Å². The number of anilines is 2. The number of aromatic nitrogens is 2. The van der Waals surface area contributed by atoms with Crippen molar-refractivity contribution in [1.82, 2.24) is 9.97 Å². The van der Waals surface area contributed by atoms with Gasteiger partial charge in [-0.05, 0) is 42.3 Å². The highest BCUT2D eigenvalue weighted by Crippen LogP contribution is 2.24. The second kappa shape index (κ2) is 4.98. The van der Waals surface area contributed by atoms with E-state index in [1.165, 1.54) is 0 Å². The standard InChI is InChI=1S/C11H8BrClFN3/c1-6-4-7(12)2-3-9(6)16-10-8(14)5-15-11(13)17-10/h2-5H,1H3,(H,15,16,17). The van der Waals surface area contributed by atoms with Crippen molar-refractivity contribution in [2.45, 2.75) is 6.92 Å². The monoisotopic (exact) mass is 315 g/mol. The molecule has 0 amide bonds. The zero-order valence-electron chi connectivity index (χ0n) is 8.84. The van der Waals surface area contributed by atoms with Crippen molar-refractivity contribution in [3.8, 4) is 0 Å². The quantitative estimate of drug-likeness (QED) is 0.848.